The lowest BCUT2D eigenvalue weighted by Gasteiger charge is -2.11. The van der Waals surface area contributed by atoms with Crippen molar-refractivity contribution in [2.24, 2.45) is 0 Å². The number of halogens is 3. The predicted octanol–water partition coefficient (Wildman–Crippen LogP) is 3.54. The molecular weight excluding hydrogens is 375 g/mol. The monoisotopic (exact) mass is 395 g/mol. The van der Waals surface area contributed by atoms with Crippen molar-refractivity contribution in [2.75, 3.05) is 18.5 Å². The standard InChI is InChI=1S/C19H20F3N3O3/c1-2-23-17(26)12-28-16-8-6-15(7-9-16)25-18(27)24-11-13-4-3-5-14(10-13)19(20,21)22/h3-10H,2,11-12H2,1H3,(H,23,26)(H2,24,25,27). The van der Waals surface area contributed by atoms with Crippen LogP contribution in [-0.4, -0.2) is 25.1 Å². The van der Waals surface area contributed by atoms with Gasteiger partial charge in [0.25, 0.3) is 5.91 Å². The third-order valence-electron chi connectivity index (χ3n) is 3.56. The maximum absolute atomic E-state index is 12.7. The molecule has 0 fully saturated rings. The van der Waals surface area contributed by atoms with E-state index in [-0.39, 0.29) is 19.1 Å². The molecule has 0 unspecified atom stereocenters. The number of carbonyl (C=O) groups excluding carboxylic acids is 2. The first-order chi connectivity index (χ1) is 13.3. The molecule has 0 bridgehead atoms. The van der Waals surface area contributed by atoms with Gasteiger partial charge < -0.3 is 20.7 Å². The van der Waals surface area contributed by atoms with Crippen molar-refractivity contribution < 1.29 is 27.5 Å². The Kier molecular flexibility index (Phi) is 7.25. The summed E-state index contributed by atoms with van der Waals surface area (Å²) >= 11 is 0. The van der Waals surface area contributed by atoms with Crippen molar-refractivity contribution in [1.82, 2.24) is 10.6 Å². The minimum atomic E-state index is -4.43. The number of amides is 3. The molecule has 3 N–H and O–H groups in total. The highest BCUT2D eigenvalue weighted by Gasteiger charge is 2.30. The Morgan fingerprint density at radius 1 is 1.04 bits per heavy atom. The molecule has 3 amide bonds. The highest BCUT2D eigenvalue weighted by molar-refractivity contribution is 5.89. The number of hydrogen-bond acceptors (Lipinski definition) is 3. The fraction of sp³-hybridized carbons (Fsp3) is 0.263. The Morgan fingerprint density at radius 3 is 2.39 bits per heavy atom. The number of carbonyl (C=O) groups is 2. The molecule has 9 heteroatoms. The molecule has 6 nitrogen and oxygen atoms in total. The summed E-state index contributed by atoms with van der Waals surface area (Å²) in [5, 5.41) is 7.66. The molecule has 0 heterocycles. The van der Waals surface area contributed by atoms with E-state index in [2.05, 4.69) is 16.0 Å². The Bertz CT molecular complexity index is 808. The largest absolute Gasteiger partial charge is 0.484 e. The van der Waals surface area contributed by atoms with Crippen molar-refractivity contribution in [3.8, 4) is 5.75 Å². The van der Waals surface area contributed by atoms with E-state index in [1.165, 1.54) is 12.1 Å². The van der Waals surface area contributed by atoms with Gasteiger partial charge in [0.2, 0.25) is 0 Å². The molecule has 2 aromatic carbocycles. The second-order valence-electron chi connectivity index (χ2n) is 5.77. The minimum Gasteiger partial charge on any atom is -0.484 e. The van der Waals surface area contributed by atoms with Gasteiger partial charge in [-0.2, -0.15) is 13.2 Å². The van der Waals surface area contributed by atoms with Crippen LogP contribution in [0.3, 0.4) is 0 Å². The zero-order chi connectivity index (χ0) is 20.6. The molecular formula is C19H20F3N3O3. The van der Waals surface area contributed by atoms with Crippen LogP contribution in [0.5, 0.6) is 5.75 Å². The quantitative estimate of drug-likeness (QED) is 0.671. The van der Waals surface area contributed by atoms with Gasteiger partial charge >= 0.3 is 12.2 Å². The Labute approximate surface area is 160 Å². The van der Waals surface area contributed by atoms with Gasteiger partial charge in [-0.3, -0.25) is 4.79 Å². The van der Waals surface area contributed by atoms with Crippen molar-refractivity contribution in [3.63, 3.8) is 0 Å². The highest BCUT2D eigenvalue weighted by Crippen LogP contribution is 2.29. The lowest BCUT2D eigenvalue weighted by Crippen LogP contribution is -2.28. The first-order valence-corrected chi connectivity index (χ1v) is 8.48. The van der Waals surface area contributed by atoms with Gasteiger partial charge in [-0.1, -0.05) is 12.1 Å². The van der Waals surface area contributed by atoms with Gasteiger partial charge in [0.15, 0.2) is 6.61 Å². The number of ether oxygens (including phenoxy) is 1. The van der Waals surface area contributed by atoms with Crippen molar-refractivity contribution >= 4 is 17.6 Å². The van der Waals surface area contributed by atoms with Crippen LogP contribution in [-0.2, 0) is 17.5 Å². The fourth-order valence-electron chi connectivity index (χ4n) is 2.25. The molecule has 0 aliphatic rings. The first-order valence-electron chi connectivity index (χ1n) is 8.48. The zero-order valence-electron chi connectivity index (χ0n) is 15.1. The van der Waals surface area contributed by atoms with E-state index in [1.807, 2.05) is 0 Å². The molecule has 150 valence electrons. The van der Waals surface area contributed by atoms with Crippen LogP contribution in [0.15, 0.2) is 48.5 Å². The highest BCUT2D eigenvalue weighted by atomic mass is 19.4. The van der Waals surface area contributed by atoms with Gasteiger partial charge in [-0.25, -0.2) is 4.79 Å². The second-order valence-corrected chi connectivity index (χ2v) is 5.77. The number of nitrogens with one attached hydrogen (secondary N) is 3. The third kappa shape index (κ3) is 6.82. The average molecular weight is 395 g/mol. The van der Waals surface area contributed by atoms with Crippen LogP contribution < -0.4 is 20.7 Å². The van der Waals surface area contributed by atoms with Gasteiger partial charge in [0.1, 0.15) is 5.75 Å². The van der Waals surface area contributed by atoms with Crippen LogP contribution in [0, 0.1) is 0 Å². The van der Waals surface area contributed by atoms with E-state index in [1.54, 1.807) is 31.2 Å². The number of urea groups is 1. The number of rotatable bonds is 7. The molecule has 0 radical (unpaired) electrons. The Balaban J connectivity index is 1.82. The lowest BCUT2D eigenvalue weighted by molar-refractivity contribution is -0.137. The van der Waals surface area contributed by atoms with Crippen LogP contribution in [0.25, 0.3) is 0 Å². The summed E-state index contributed by atoms with van der Waals surface area (Å²) in [6.45, 7) is 2.15. The van der Waals surface area contributed by atoms with E-state index >= 15 is 0 Å². The number of likely N-dealkylation sites (N-methyl/N-ethyl adjacent to an activating group) is 1. The van der Waals surface area contributed by atoms with Gasteiger partial charge in [-0.15, -0.1) is 0 Å². The van der Waals surface area contributed by atoms with E-state index < -0.39 is 17.8 Å². The molecule has 0 saturated carbocycles. The van der Waals surface area contributed by atoms with Crippen molar-refractivity contribution in [2.45, 2.75) is 19.6 Å². The molecule has 0 atom stereocenters. The second kappa shape index (κ2) is 9.63. The number of anilines is 1. The minimum absolute atomic E-state index is 0.0521. The average Bonchev–Trinajstić information content (AvgIpc) is 2.66. The summed E-state index contributed by atoms with van der Waals surface area (Å²) in [5.41, 5.74) is 0.0291. The predicted molar refractivity (Wildman–Crippen MR) is 97.9 cm³/mol. The van der Waals surface area contributed by atoms with Crippen LogP contribution in [0.1, 0.15) is 18.1 Å². The van der Waals surface area contributed by atoms with Crippen LogP contribution >= 0.6 is 0 Å². The smallest absolute Gasteiger partial charge is 0.416 e. The first kappa shape index (κ1) is 21.1. The third-order valence-corrected chi connectivity index (χ3v) is 3.56. The molecule has 0 spiro atoms. The molecule has 0 aliphatic carbocycles. The summed E-state index contributed by atoms with van der Waals surface area (Å²) in [5.74, 6) is 0.222. The van der Waals surface area contributed by atoms with E-state index in [9.17, 15) is 22.8 Å². The normalized spacial score (nSPS) is 10.9. The van der Waals surface area contributed by atoms with E-state index in [4.69, 9.17) is 4.74 Å². The molecule has 0 aliphatic heterocycles. The molecule has 2 rings (SSSR count). The summed E-state index contributed by atoms with van der Waals surface area (Å²) in [4.78, 5) is 23.2. The molecule has 28 heavy (non-hydrogen) atoms. The van der Waals surface area contributed by atoms with Gasteiger partial charge in [-0.05, 0) is 48.9 Å². The summed E-state index contributed by atoms with van der Waals surface area (Å²) in [7, 11) is 0. The van der Waals surface area contributed by atoms with Crippen molar-refractivity contribution in [1.29, 1.82) is 0 Å². The van der Waals surface area contributed by atoms with Crippen LogP contribution in [0.2, 0.25) is 0 Å². The SMILES string of the molecule is CCNC(=O)COc1ccc(NC(=O)NCc2cccc(C(F)(F)F)c2)cc1. The van der Waals surface area contributed by atoms with E-state index in [0.717, 1.165) is 12.1 Å². The molecule has 0 saturated heterocycles. The number of hydrogen-bond donors (Lipinski definition) is 3. The molecule has 2 aromatic rings. The van der Waals surface area contributed by atoms with Crippen molar-refractivity contribution in [3.05, 3.63) is 59.7 Å². The summed E-state index contributed by atoms with van der Waals surface area (Å²) in [6.07, 6.45) is -4.43. The van der Waals surface area contributed by atoms with Gasteiger partial charge in [0, 0.05) is 18.8 Å². The van der Waals surface area contributed by atoms with Crippen LogP contribution in [0.4, 0.5) is 23.7 Å². The summed E-state index contributed by atoms with van der Waals surface area (Å²) < 4.78 is 43.4. The van der Waals surface area contributed by atoms with E-state index in [0.29, 0.717) is 23.5 Å². The lowest BCUT2D eigenvalue weighted by atomic mass is 10.1. The summed E-state index contributed by atoms with van der Waals surface area (Å²) in [6, 6.07) is 10.5. The van der Waals surface area contributed by atoms with Gasteiger partial charge in [0.05, 0.1) is 5.56 Å². The zero-order valence-corrected chi connectivity index (χ0v) is 15.1. The number of alkyl halides is 3. The maximum atomic E-state index is 12.7. The fourth-order valence-corrected chi connectivity index (χ4v) is 2.25. The number of benzene rings is 2. The topological polar surface area (TPSA) is 79.5 Å². The maximum Gasteiger partial charge on any atom is 0.416 e. The Morgan fingerprint density at radius 2 is 1.75 bits per heavy atom. The Hall–Kier alpha value is -3.23. The molecule has 0 aromatic heterocycles.